The number of nitriles is 1. The molecule has 0 spiro atoms. The van der Waals surface area contributed by atoms with E-state index in [-0.39, 0.29) is 37.3 Å². The van der Waals surface area contributed by atoms with E-state index in [4.69, 9.17) is 4.74 Å². The molecule has 13 heteroatoms. The molecule has 13 nitrogen and oxygen atoms in total. The Labute approximate surface area is 261 Å². The predicted octanol–water partition coefficient (Wildman–Crippen LogP) is 2.45. The van der Waals surface area contributed by atoms with Gasteiger partial charge in [0.1, 0.15) is 24.5 Å². The third kappa shape index (κ3) is 9.82. The molecule has 0 unspecified atom stereocenters. The highest BCUT2D eigenvalue weighted by atomic mass is 16.6. The summed E-state index contributed by atoms with van der Waals surface area (Å²) in [7, 11) is 0. The van der Waals surface area contributed by atoms with Gasteiger partial charge in [0.2, 0.25) is 11.8 Å². The third-order valence-corrected chi connectivity index (χ3v) is 7.49. The second-order valence-electron chi connectivity index (χ2n) is 10.7. The number of likely N-dealkylation sites (tertiary alicyclic amines) is 2. The van der Waals surface area contributed by atoms with Gasteiger partial charge in [-0.05, 0) is 48.8 Å². The Bertz CT molecular complexity index is 1450. The number of amides is 3. The Kier molecular flexibility index (Phi) is 11.9. The molecule has 0 radical (unpaired) electrons. The van der Waals surface area contributed by atoms with Crippen LogP contribution >= 0.6 is 0 Å². The van der Waals surface area contributed by atoms with Gasteiger partial charge < -0.3 is 30.3 Å². The first kappa shape index (κ1) is 32.5. The minimum Gasteiger partial charge on any atom is -0.477 e. The highest BCUT2D eigenvalue weighted by Gasteiger charge is 2.31. The number of hydrogen-bond acceptors (Lipinski definition) is 9. The van der Waals surface area contributed by atoms with Crippen LogP contribution in [0.15, 0.2) is 71.1 Å². The molecule has 1 atom stereocenters. The minimum absolute atomic E-state index is 0.0203. The Hall–Kier alpha value is -5.38. The van der Waals surface area contributed by atoms with Crippen molar-refractivity contribution in [3.63, 3.8) is 0 Å². The molecule has 0 bridgehead atoms. The number of carbonyl (C=O) groups is 4. The van der Waals surface area contributed by atoms with Crippen LogP contribution in [0, 0.1) is 11.3 Å². The number of carboxylic acids is 1. The number of nitrogens with one attached hydrogen (secondary N) is 3. The third-order valence-electron chi connectivity index (χ3n) is 7.49. The fraction of sp³-hybridized carbons (Fsp3) is 0.375. The van der Waals surface area contributed by atoms with E-state index in [1.54, 1.807) is 35.2 Å². The van der Waals surface area contributed by atoms with Crippen molar-refractivity contribution in [2.75, 3.05) is 26.2 Å². The van der Waals surface area contributed by atoms with Crippen molar-refractivity contribution in [3.05, 3.63) is 82.7 Å². The van der Waals surface area contributed by atoms with Crippen molar-refractivity contribution in [1.29, 1.82) is 5.26 Å². The van der Waals surface area contributed by atoms with Gasteiger partial charge in [0.05, 0.1) is 12.8 Å². The molecule has 2 saturated heterocycles. The molecule has 0 saturated carbocycles. The van der Waals surface area contributed by atoms with Crippen molar-refractivity contribution >= 4 is 30.1 Å². The van der Waals surface area contributed by atoms with E-state index in [1.165, 1.54) is 11.1 Å². The number of aliphatic carboxylic acids is 1. The maximum atomic E-state index is 13.4. The van der Waals surface area contributed by atoms with Gasteiger partial charge in [0.25, 0.3) is 0 Å². The van der Waals surface area contributed by atoms with Gasteiger partial charge in [0.15, 0.2) is 5.57 Å². The normalized spacial score (nSPS) is 17.2. The molecule has 2 aromatic carbocycles. The van der Waals surface area contributed by atoms with E-state index in [0.29, 0.717) is 44.5 Å². The van der Waals surface area contributed by atoms with Crippen LogP contribution in [0.25, 0.3) is 0 Å². The summed E-state index contributed by atoms with van der Waals surface area (Å²) in [6, 6.07) is 17.2. The fourth-order valence-corrected chi connectivity index (χ4v) is 5.05. The fourth-order valence-electron chi connectivity index (χ4n) is 5.05. The smallest absolute Gasteiger partial charge is 0.428 e. The maximum Gasteiger partial charge on any atom is 0.428 e. The number of carbonyl (C=O) groups excluding carboxylic acids is 3. The van der Waals surface area contributed by atoms with E-state index >= 15 is 0 Å². The van der Waals surface area contributed by atoms with Crippen molar-refractivity contribution in [3.8, 4) is 6.07 Å². The number of hydrogen-bond donors (Lipinski definition) is 4. The summed E-state index contributed by atoms with van der Waals surface area (Å²) in [4.78, 5) is 53.2. The minimum atomic E-state index is -1.43. The number of carboxylic acid groups (broad SMARTS) is 1. The molecular formula is C32H37N7O6. The Balaban J connectivity index is 1.33. The zero-order chi connectivity index (χ0) is 32.0. The maximum absolute atomic E-state index is 13.4. The number of benzene rings is 2. The van der Waals surface area contributed by atoms with Gasteiger partial charge in [-0.3, -0.25) is 9.59 Å². The Morgan fingerprint density at radius 3 is 2.40 bits per heavy atom. The van der Waals surface area contributed by atoms with Crippen LogP contribution in [0.3, 0.4) is 0 Å². The molecule has 0 aliphatic carbocycles. The number of nitrogens with zero attached hydrogens (tertiary/aromatic N) is 4. The largest absolute Gasteiger partial charge is 0.477 e. The van der Waals surface area contributed by atoms with Crippen molar-refractivity contribution in [2.45, 2.75) is 51.3 Å². The first-order valence-corrected chi connectivity index (χ1v) is 14.9. The lowest BCUT2D eigenvalue weighted by Gasteiger charge is -2.28. The van der Waals surface area contributed by atoms with Crippen LogP contribution in [-0.4, -0.2) is 77.2 Å². The van der Waals surface area contributed by atoms with Crippen molar-refractivity contribution in [1.82, 2.24) is 25.9 Å². The zero-order valence-corrected chi connectivity index (χ0v) is 24.9. The van der Waals surface area contributed by atoms with Gasteiger partial charge in [-0.25, -0.2) is 15.0 Å². The quantitative estimate of drug-likeness (QED) is 0.121. The summed E-state index contributed by atoms with van der Waals surface area (Å²) in [6.45, 7) is 2.08. The lowest BCUT2D eigenvalue weighted by Crippen LogP contribution is -2.50. The van der Waals surface area contributed by atoms with Crippen LogP contribution in [0.1, 0.15) is 48.8 Å². The molecule has 2 aromatic rings. The molecule has 0 aromatic heterocycles. The second-order valence-corrected chi connectivity index (χ2v) is 10.7. The Morgan fingerprint density at radius 2 is 1.71 bits per heavy atom. The molecule has 2 aliphatic heterocycles. The molecule has 3 amide bonds. The SMILES string of the molecule is N#CC(C(=O)O)=C(NCc1ccc(C=NNC(=O)OCc2ccccc2)cc1)N[C@H]1CCCCN(CC(=O)N2CCCC2)C1=O. The first-order chi connectivity index (χ1) is 21.8. The number of hydrazone groups is 1. The van der Waals surface area contributed by atoms with Crippen LogP contribution in [0.4, 0.5) is 4.79 Å². The summed E-state index contributed by atoms with van der Waals surface area (Å²) in [5.74, 6) is -1.90. The highest BCUT2D eigenvalue weighted by Crippen LogP contribution is 2.16. The van der Waals surface area contributed by atoms with E-state index in [9.17, 15) is 29.5 Å². The average Bonchev–Trinajstić information content (AvgIpc) is 3.54. The molecule has 45 heavy (non-hydrogen) atoms. The lowest BCUT2D eigenvalue weighted by molar-refractivity contribution is -0.140. The van der Waals surface area contributed by atoms with Crippen molar-refractivity contribution in [2.24, 2.45) is 5.10 Å². The summed E-state index contributed by atoms with van der Waals surface area (Å²) in [5.41, 5.74) is 4.05. The van der Waals surface area contributed by atoms with Gasteiger partial charge in [-0.15, -0.1) is 0 Å². The van der Waals surface area contributed by atoms with E-state index in [2.05, 4.69) is 21.2 Å². The highest BCUT2D eigenvalue weighted by molar-refractivity contribution is 5.92. The van der Waals surface area contributed by atoms with Gasteiger partial charge in [-0.1, -0.05) is 54.6 Å². The summed E-state index contributed by atoms with van der Waals surface area (Å²) < 4.78 is 5.11. The Morgan fingerprint density at radius 1 is 1.00 bits per heavy atom. The van der Waals surface area contributed by atoms with Crippen LogP contribution in [0.2, 0.25) is 0 Å². The summed E-state index contributed by atoms with van der Waals surface area (Å²) in [5, 5.41) is 29.1. The second kappa shape index (κ2) is 16.5. The predicted molar refractivity (Wildman–Crippen MR) is 164 cm³/mol. The number of ether oxygens (including phenoxy) is 1. The standard InChI is InChI=1S/C32H37N7O6/c33-18-26(31(42)43)29(36-27-10-4-5-17-39(30(27)41)21-28(40)38-15-6-7-16-38)34-19-23-11-13-24(14-12-23)20-35-37-32(44)45-22-25-8-2-1-3-9-25/h1-3,8-9,11-14,20,27,34,36H,4-7,10,15-17,19,21-22H2,(H,37,44)(H,42,43)/t27-/m0/s1. The van der Waals surface area contributed by atoms with Gasteiger partial charge in [0, 0.05) is 26.2 Å². The molecule has 4 rings (SSSR count). The first-order valence-electron chi connectivity index (χ1n) is 14.9. The van der Waals surface area contributed by atoms with E-state index in [1.807, 2.05) is 30.3 Å². The molecule has 2 fully saturated rings. The average molecular weight is 616 g/mol. The van der Waals surface area contributed by atoms with Crippen LogP contribution in [-0.2, 0) is 32.3 Å². The van der Waals surface area contributed by atoms with Gasteiger partial charge in [-0.2, -0.15) is 10.4 Å². The van der Waals surface area contributed by atoms with E-state index in [0.717, 1.165) is 24.0 Å². The van der Waals surface area contributed by atoms with Crippen molar-refractivity contribution < 1.29 is 29.0 Å². The van der Waals surface area contributed by atoms with Crippen LogP contribution < -0.4 is 16.1 Å². The zero-order valence-electron chi connectivity index (χ0n) is 24.9. The lowest BCUT2D eigenvalue weighted by atomic mass is 10.1. The summed E-state index contributed by atoms with van der Waals surface area (Å²) >= 11 is 0. The molecule has 236 valence electrons. The molecule has 2 aliphatic rings. The monoisotopic (exact) mass is 615 g/mol. The molecule has 2 heterocycles. The molecular weight excluding hydrogens is 578 g/mol. The van der Waals surface area contributed by atoms with Gasteiger partial charge >= 0.3 is 12.1 Å². The number of rotatable bonds is 12. The molecule has 4 N–H and O–H groups in total. The topological polar surface area (TPSA) is 176 Å². The van der Waals surface area contributed by atoms with Crippen LogP contribution in [0.5, 0.6) is 0 Å². The van der Waals surface area contributed by atoms with E-state index < -0.39 is 23.7 Å². The summed E-state index contributed by atoms with van der Waals surface area (Å²) in [6.07, 6.45) is 4.51.